The highest BCUT2D eigenvalue weighted by molar-refractivity contribution is 5.98. The first kappa shape index (κ1) is 16.3. The summed E-state index contributed by atoms with van der Waals surface area (Å²) in [5.74, 6) is 0.692. The summed E-state index contributed by atoms with van der Waals surface area (Å²) in [6.45, 7) is 7.22. The van der Waals surface area contributed by atoms with Crippen LogP contribution in [0.4, 0.5) is 5.69 Å². The third-order valence-electron chi connectivity index (χ3n) is 4.08. The van der Waals surface area contributed by atoms with E-state index in [4.69, 9.17) is 9.73 Å². The molecule has 2 aromatic rings. The Bertz CT molecular complexity index is 727. The Hall–Kier alpha value is -2.55. The Balaban J connectivity index is 1.90. The van der Waals surface area contributed by atoms with Crippen LogP contribution in [0.3, 0.4) is 0 Å². The fourth-order valence-electron chi connectivity index (χ4n) is 2.52. The molecule has 1 heterocycles. The van der Waals surface area contributed by atoms with E-state index in [-0.39, 0.29) is 11.5 Å². The highest BCUT2D eigenvalue weighted by atomic mass is 16.5. The molecular formula is C21H24N2O. The number of nitrogens with one attached hydrogen (secondary N) is 1. The van der Waals surface area contributed by atoms with Gasteiger partial charge in [0.1, 0.15) is 6.61 Å². The van der Waals surface area contributed by atoms with Crippen molar-refractivity contribution in [1.29, 1.82) is 0 Å². The van der Waals surface area contributed by atoms with Gasteiger partial charge in [0.2, 0.25) is 5.90 Å². The maximum absolute atomic E-state index is 5.82. The highest BCUT2D eigenvalue weighted by Gasteiger charge is 2.29. The Morgan fingerprint density at radius 1 is 1.04 bits per heavy atom. The molecule has 1 aliphatic heterocycles. The van der Waals surface area contributed by atoms with E-state index < -0.39 is 0 Å². The molecule has 3 heteroatoms. The first-order valence-corrected chi connectivity index (χ1v) is 8.32. The lowest BCUT2D eigenvalue weighted by atomic mass is 9.88. The van der Waals surface area contributed by atoms with Gasteiger partial charge in [-0.2, -0.15) is 0 Å². The maximum Gasteiger partial charge on any atom is 0.211 e. The average molecular weight is 320 g/mol. The molecule has 1 unspecified atom stereocenters. The molecule has 24 heavy (non-hydrogen) atoms. The summed E-state index contributed by atoms with van der Waals surface area (Å²) < 4.78 is 5.82. The lowest BCUT2D eigenvalue weighted by Crippen LogP contribution is -2.25. The topological polar surface area (TPSA) is 33.6 Å². The number of anilines is 1. The van der Waals surface area contributed by atoms with E-state index in [1.165, 1.54) is 0 Å². The molecule has 1 N–H and O–H groups in total. The number of para-hydroxylation sites is 1. The second-order valence-corrected chi connectivity index (χ2v) is 7.08. The minimum Gasteiger partial charge on any atom is -0.476 e. The van der Waals surface area contributed by atoms with E-state index in [2.05, 4.69) is 38.2 Å². The zero-order valence-electron chi connectivity index (χ0n) is 14.5. The minimum atomic E-state index is 0.107. The van der Waals surface area contributed by atoms with Crippen LogP contribution in [0.5, 0.6) is 0 Å². The van der Waals surface area contributed by atoms with Gasteiger partial charge in [-0.05, 0) is 23.1 Å². The summed E-state index contributed by atoms with van der Waals surface area (Å²) in [5, 5.41) is 3.48. The number of benzene rings is 2. The predicted octanol–water partition coefficient (Wildman–Crippen LogP) is 4.98. The quantitative estimate of drug-likeness (QED) is 0.861. The van der Waals surface area contributed by atoms with Crippen molar-refractivity contribution >= 4 is 17.3 Å². The van der Waals surface area contributed by atoms with Gasteiger partial charge in [-0.15, -0.1) is 0 Å². The van der Waals surface area contributed by atoms with E-state index >= 15 is 0 Å². The van der Waals surface area contributed by atoms with Crippen LogP contribution < -0.4 is 5.32 Å². The van der Waals surface area contributed by atoms with Crippen LogP contribution in [-0.4, -0.2) is 18.5 Å². The summed E-state index contributed by atoms with van der Waals surface area (Å²) in [5.41, 5.74) is 3.23. The van der Waals surface area contributed by atoms with Gasteiger partial charge in [0.15, 0.2) is 0 Å². The van der Waals surface area contributed by atoms with Crippen LogP contribution in [-0.2, 0) is 4.74 Å². The van der Waals surface area contributed by atoms with Crippen molar-refractivity contribution in [2.75, 3.05) is 11.9 Å². The minimum absolute atomic E-state index is 0.107. The number of aliphatic imine (C=N–C) groups is 1. The van der Waals surface area contributed by atoms with Gasteiger partial charge >= 0.3 is 0 Å². The molecule has 0 amide bonds. The third kappa shape index (κ3) is 4.05. The number of hydrogen-bond donors (Lipinski definition) is 1. The Kier molecular flexibility index (Phi) is 4.70. The van der Waals surface area contributed by atoms with Crippen molar-refractivity contribution in [2.24, 2.45) is 10.4 Å². The standard InChI is InChI=1S/C21H24N2O/c1-21(2,3)19-15-24-20(23-19)14-18(16-10-6-4-7-11-16)22-17-12-8-5-9-13-17/h4-14,19,22H,15H2,1-3H3. The zero-order valence-corrected chi connectivity index (χ0v) is 14.5. The normalized spacial score (nSPS) is 18.0. The number of ether oxygens (including phenoxy) is 1. The molecule has 1 aliphatic rings. The van der Waals surface area contributed by atoms with Gasteiger partial charge in [0, 0.05) is 11.8 Å². The van der Waals surface area contributed by atoms with Crippen molar-refractivity contribution < 1.29 is 4.74 Å². The van der Waals surface area contributed by atoms with E-state index in [0.29, 0.717) is 12.5 Å². The van der Waals surface area contributed by atoms with Gasteiger partial charge in [0.05, 0.1) is 11.7 Å². The van der Waals surface area contributed by atoms with Crippen LogP contribution >= 0.6 is 0 Å². The van der Waals surface area contributed by atoms with E-state index in [0.717, 1.165) is 16.9 Å². The fourth-order valence-corrected chi connectivity index (χ4v) is 2.52. The predicted molar refractivity (Wildman–Crippen MR) is 101 cm³/mol. The molecule has 2 aromatic carbocycles. The van der Waals surface area contributed by atoms with Crippen LogP contribution in [0.15, 0.2) is 71.7 Å². The van der Waals surface area contributed by atoms with Crippen molar-refractivity contribution in [2.45, 2.75) is 26.8 Å². The Labute approximate surface area is 144 Å². The first-order chi connectivity index (χ1) is 11.5. The number of nitrogens with zero attached hydrogens (tertiary/aromatic N) is 1. The Morgan fingerprint density at radius 2 is 1.67 bits per heavy atom. The number of rotatable bonds is 4. The molecule has 0 saturated heterocycles. The van der Waals surface area contributed by atoms with Gasteiger partial charge in [-0.1, -0.05) is 69.3 Å². The lowest BCUT2D eigenvalue weighted by Gasteiger charge is -2.21. The molecule has 3 nitrogen and oxygen atoms in total. The maximum atomic E-state index is 5.82. The van der Waals surface area contributed by atoms with Crippen LogP contribution in [0, 0.1) is 5.41 Å². The van der Waals surface area contributed by atoms with Crippen LogP contribution in [0.25, 0.3) is 5.70 Å². The van der Waals surface area contributed by atoms with Gasteiger partial charge in [-0.3, -0.25) is 0 Å². The third-order valence-corrected chi connectivity index (χ3v) is 4.08. The summed E-state index contributed by atoms with van der Waals surface area (Å²) in [4.78, 5) is 4.74. The van der Waals surface area contributed by atoms with Crippen molar-refractivity contribution in [3.8, 4) is 0 Å². The summed E-state index contributed by atoms with van der Waals surface area (Å²) in [7, 11) is 0. The van der Waals surface area contributed by atoms with Crippen LogP contribution in [0.1, 0.15) is 26.3 Å². The molecule has 0 aliphatic carbocycles. The average Bonchev–Trinajstić information content (AvgIpc) is 3.05. The molecule has 1 atom stereocenters. The van der Waals surface area contributed by atoms with E-state index in [1.54, 1.807) is 0 Å². The molecule has 0 aromatic heterocycles. The van der Waals surface area contributed by atoms with E-state index in [9.17, 15) is 0 Å². The van der Waals surface area contributed by atoms with E-state index in [1.807, 2.05) is 54.6 Å². The van der Waals surface area contributed by atoms with Gasteiger partial charge < -0.3 is 10.1 Å². The van der Waals surface area contributed by atoms with Gasteiger partial charge in [0.25, 0.3) is 0 Å². The van der Waals surface area contributed by atoms with Gasteiger partial charge in [-0.25, -0.2) is 4.99 Å². The van der Waals surface area contributed by atoms with Crippen molar-refractivity contribution in [3.63, 3.8) is 0 Å². The molecule has 0 bridgehead atoms. The first-order valence-electron chi connectivity index (χ1n) is 8.32. The second kappa shape index (κ2) is 6.91. The summed E-state index contributed by atoms with van der Waals surface area (Å²) in [6, 6.07) is 20.6. The van der Waals surface area contributed by atoms with Crippen molar-refractivity contribution in [1.82, 2.24) is 0 Å². The fraction of sp³-hybridized carbons (Fsp3) is 0.286. The summed E-state index contributed by atoms with van der Waals surface area (Å²) >= 11 is 0. The molecular weight excluding hydrogens is 296 g/mol. The van der Waals surface area contributed by atoms with Crippen LogP contribution in [0.2, 0.25) is 0 Å². The monoisotopic (exact) mass is 320 g/mol. The smallest absolute Gasteiger partial charge is 0.211 e. The second-order valence-electron chi connectivity index (χ2n) is 7.08. The summed E-state index contributed by atoms with van der Waals surface area (Å²) in [6.07, 6.45) is 1.99. The molecule has 0 spiro atoms. The SMILES string of the molecule is CC(C)(C)C1COC(C=C(Nc2ccccc2)c2ccccc2)=N1. The largest absolute Gasteiger partial charge is 0.476 e. The number of hydrogen-bond acceptors (Lipinski definition) is 3. The molecule has 0 saturated carbocycles. The van der Waals surface area contributed by atoms with Crippen molar-refractivity contribution in [3.05, 3.63) is 72.3 Å². The Morgan fingerprint density at radius 3 is 2.25 bits per heavy atom. The molecule has 124 valence electrons. The molecule has 3 rings (SSSR count). The highest BCUT2D eigenvalue weighted by Crippen LogP contribution is 2.27. The molecule has 0 fully saturated rings. The lowest BCUT2D eigenvalue weighted by molar-refractivity contribution is 0.236. The zero-order chi connectivity index (χ0) is 17.0. The molecule has 0 radical (unpaired) electrons.